The van der Waals surface area contributed by atoms with Crippen LogP contribution in [0.3, 0.4) is 0 Å². The zero-order valence-corrected chi connectivity index (χ0v) is 15.0. The van der Waals surface area contributed by atoms with Gasteiger partial charge in [-0.3, -0.25) is 4.79 Å². The second kappa shape index (κ2) is 8.47. The maximum atomic E-state index is 12.2. The largest absolute Gasteiger partial charge is 0.493 e. The van der Waals surface area contributed by atoms with Gasteiger partial charge >= 0.3 is 0 Å². The second-order valence-corrected chi connectivity index (χ2v) is 5.82. The molecule has 0 saturated heterocycles. The maximum Gasteiger partial charge on any atom is 0.224 e. The number of ether oxygens (including phenoxy) is 4. The topological polar surface area (TPSA) is 66.0 Å². The fourth-order valence-corrected chi connectivity index (χ4v) is 2.74. The maximum absolute atomic E-state index is 12.2. The van der Waals surface area contributed by atoms with Gasteiger partial charge in [-0.15, -0.1) is 0 Å². The third kappa shape index (κ3) is 4.39. The summed E-state index contributed by atoms with van der Waals surface area (Å²) in [4.78, 5) is 12.2. The first-order valence-electron chi connectivity index (χ1n) is 8.69. The van der Waals surface area contributed by atoms with Crippen LogP contribution in [0, 0.1) is 0 Å². The van der Waals surface area contributed by atoms with Crippen molar-refractivity contribution in [1.82, 2.24) is 0 Å². The van der Waals surface area contributed by atoms with Crippen molar-refractivity contribution in [3.63, 3.8) is 0 Å². The summed E-state index contributed by atoms with van der Waals surface area (Å²) in [5, 5.41) is 2.89. The number of fused-ring (bicyclic) bond motifs is 1. The van der Waals surface area contributed by atoms with Crippen LogP contribution in [-0.4, -0.2) is 32.8 Å². The summed E-state index contributed by atoms with van der Waals surface area (Å²) in [5.41, 5.74) is 1.71. The van der Waals surface area contributed by atoms with E-state index in [1.807, 2.05) is 25.1 Å². The minimum atomic E-state index is -0.0638. The number of methoxy groups -OCH3 is 1. The van der Waals surface area contributed by atoms with E-state index in [2.05, 4.69) is 5.32 Å². The number of hydrogen-bond donors (Lipinski definition) is 1. The van der Waals surface area contributed by atoms with Gasteiger partial charge in [0.15, 0.2) is 23.0 Å². The Morgan fingerprint density at radius 3 is 2.65 bits per heavy atom. The highest BCUT2D eigenvalue weighted by atomic mass is 16.6. The van der Waals surface area contributed by atoms with Crippen LogP contribution in [0.5, 0.6) is 23.0 Å². The molecule has 0 unspecified atom stereocenters. The monoisotopic (exact) mass is 357 g/mol. The van der Waals surface area contributed by atoms with E-state index >= 15 is 0 Å². The lowest BCUT2D eigenvalue weighted by Crippen LogP contribution is -2.15. The number of nitrogens with one attached hydrogen (secondary N) is 1. The standard InChI is InChI=1S/C20H23NO5/c1-3-24-16-8-6-15(13-18(16)23-2)21-20(22)9-5-14-4-7-17-19(12-14)26-11-10-25-17/h4,6-8,12-13H,3,5,9-11H2,1-2H3,(H,21,22). The summed E-state index contributed by atoms with van der Waals surface area (Å²) in [7, 11) is 1.57. The quantitative estimate of drug-likeness (QED) is 0.822. The zero-order valence-electron chi connectivity index (χ0n) is 15.0. The molecule has 0 radical (unpaired) electrons. The summed E-state index contributed by atoms with van der Waals surface area (Å²) >= 11 is 0. The highest BCUT2D eigenvalue weighted by Gasteiger charge is 2.13. The van der Waals surface area contributed by atoms with Crippen molar-refractivity contribution in [3.8, 4) is 23.0 Å². The second-order valence-electron chi connectivity index (χ2n) is 5.82. The molecule has 6 heteroatoms. The number of rotatable bonds is 7. The average molecular weight is 357 g/mol. The number of anilines is 1. The Morgan fingerprint density at radius 2 is 1.88 bits per heavy atom. The van der Waals surface area contributed by atoms with Crippen LogP contribution in [0.4, 0.5) is 5.69 Å². The van der Waals surface area contributed by atoms with Crippen LogP contribution >= 0.6 is 0 Å². The zero-order chi connectivity index (χ0) is 18.4. The van der Waals surface area contributed by atoms with E-state index < -0.39 is 0 Å². The Kier molecular flexibility index (Phi) is 5.84. The molecule has 0 aromatic heterocycles. The van der Waals surface area contributed by atoms with E-state index in [4.69, 9.17) is 18.9 Å². The van der Waals surface area contributed by atoms with Crippen molar-refractivity contribution >= 4 is 11.6 Å². The predicted octanol–water partition coefficient (Wildman–Crippen LogP) is 3.44. The molecule has 6 nitrogen and oxygen atoms in total. The summed E-state index contributed by atoms with van der Waals surface area (Å²) in [6.45, 7) is 3.58. The molecular weight excluding hydrogens is 334 g/mol. The lowest BCUT2D eigenvalue weighted by molar-refractivity contribution is -0.116. The smallest absolute Gasteiger partial charge is 0.224 e. The van der Waals surface area contributed by atoms with Gasteiger partial charge in [-0.2, -0.15) is 0 Å². The Hall–Kier alpha value is -2.89. The van der Waals surface area contributed by atoms with Crippen molar-refractivity contribution in [2.75, 3.05) is 32.2 Å². The Balaban J connectivity index is 1.57. The van der Waals surface area contributed by atoms with E-state index in [0.717, 1.165) is 17.1 Å². The highest BCUT2D eigenvalue weighted by Crippen LogP contribution is 2.32. The van der Waals surface area contributed by atoms with Crippen molar-refractivity contribution in [3.05, 3.63) is 42.0 Å². The van der Waals surface area contributed by atoms with E-state index in [0.29, 0.717) is 49.8 Å². The Labute approximate surface area is 153 Å². The average Bonchev–Trinajstić information content (AvgIpc) is 2.67. The molecule has 3 rings (SSSR count). The van der Waals surface area contributed by atoms with Crippen LogP contribution in [0.1, 0.15) is 18.9 Å². The molecule has 1 amide bonds. The molecule has 0 aliphatic carbocycles. The first kappa shape index (κ1) is 17.9. The van der Waals surface area contributed by atoms with Crippen molar-refractivity contribution in [1.29, 1.82) is 0 Å². The Bertz CT molecular complexity index is 775. The first-order valence-corrected chi connectivity index (χ1v) is 8.69. The molecule has 1 aliphatic rings. The first-order chi connectivity index (χ1) is 12.7. The SMILES string of the molecule is CCOc1ccc(NC(=O)CCc2ccc3c(c2)OCCO3)cc1OC. The minimum absolute atomic E-state index is 0.0638. The molecule has 0 fully saturated rings. The minimum Gasteiger partial charge on any atom is -0.493 e. The molecular formula is C20H23NO5. The molecule has 0 atom stereocenters. The van der Waals surface area contributed by atoms with Gasteiger partial charge < -0.3 is 24.3 Å². The summed E-state index contributed by atoms with van der Waals surface area (Å²) in [6.07, 6.45) is 0.992. The van der Waals surface area contributed by atoms with E-state index in [1.54, 1.807) is 25.3 Å². The van der Waals surface area contributed by atoms with Gasteiger partial charge in [-0.25, -0.2) is 0 Å². The van der Waals surface area contributed by atoms with Gasteiger partial charge in [0.25, 0.3) is 0 Å². The predicted molar refractivity (Wildman–Crippen MR) is 98.5 cm³/mol. The molecule has 26 heavy (non-hydrogen) atoms. The van der Waals surface area contributed by atoms with Crippen molar-refractivity contribution in [2.45, 2.75) is 19.8 Å². The number of carbonyl (C=O) groups excluding carboxylic acids is 1. The van der Waals surface area contributed by atoms with Gasteiger partial charge in [-0.05, 0) is 43.2 Å². The van der Waals surface area contributed by atoms with Crippen LogP contribution in [-0.2, 0) is 11.2 Å². The van der Waals surface area contributed by atoms with E-state index in [1.165, 1.54) is 0 Å². The lowest BCUT2D eigenvalue weighted by atomic mass is 10.1. The normalized spacial score (nSPS) is 12.4. The number of carbonyl (C=O) groups is 1. The molecule has 2 aromatic carbocycles. The molecule has 2 aromatic rings. The summed E-state index contributed by atoms with van der Waals surface area (Å²) < 4.78 is 21.9. The molecule has 1 aliphatic heterocycles. The lowest BCUT2D eigenvalue weighted by Gasteiger charge is -2.18. The van der Waals surface area contributed by atoms with Gasteiger partial charge in [0.2, 0.25) is 5.91 Å². The van der Waals surface area contributed by atoms with Crippen LogP contribution in [0.2, 0.25) is 0 Å². The van der Waals surface area contributed by atoms with Crippen LogP contribution < -0.4 is 24.3 Å². The summed E-state index contributed by atoms with van der Waals surface area (Å²) in [5.74, 6) is 2.68. The fourth-order valence-electron chi connectivity index (χ4n) is 2.74. The highest BCUT2D eigenvalue weighted by molar-refractivity contribution is 5.91. The van der Waals surface area contributed by atoms with Gasteiger partial charge in [0.1, 0.15) is 13.2 Å². The molecule has 138 valence electrons. The van der Waals surface area contributed by atoms with Crippen LogP contribution in [0.15, 0.2) is 36.4 Å². The molecule has 0 saturated carbocycles. The molecule has 1 heterocycles. The number of hydrogen-bond acceptors (Lipinski definition) is 5. The molecule has 0 bridgehead atoms. The molecule has 1 N–H and O–H groups in total. The van der Waals surface area contributed by atoms with Crippen LogP contribution in [0.25, 0.3) is 0 Å². The molecule has 0 spiro atoms. The number of benzene rings is 2. The van der Waals surface area contributed by atoms with Crippen molar-refractivity contribution in [2.24, 2.45) is 0 Å². The van der Waals surface area contributed by atoms with Crippen molar-refractivity contribution < 1.29 is 23.7 Å². The number of aryl methyl sites for hydroxylation is 1. The fraction of sp³-hybridized carbons (Fsp3) is 0.350. The van der Waals surface area contributed by atoms with E-state index in [9.17, 15) is 4.79 Å². The summed E-state index contributed by atoms with van der Waals surface area (Å²) in [6, 6.07) is 11.1. The third-order valence-corrected chi connectivity index (χ3v) is 3.99. The van der Waals surface area contributed by atoms with Gasteiger partial charge in [0.05, 0.1) is 13.7 Å². The van der Waals surface area contributed by atoms with E-state index in [-0.39, 0.29) is 5.91 Å². The number of amides is 1. The van der Waals surface area contributed by atoms with Gasteiger partial charge in [-0.1, -0.05) is 6.07 Å². The Morgan fingerprint density at radius 1 is 1.08 bits per heavy atom. The third-order valence-electron chi connectivity index (χ3n) is 3.99. The van der Waals surface area contributed by atoms with Gasteiger partial charge in [0, 0.05) is 18.2 Å².